The molecule has 0 aliphatic carbocycles. The van der Waals surface area contributed by atoms with Crippen LogP contribution in [-0.2, 0) is 6.42 Å². The van der Waals surface area contributed by atoms with E-state index in [1.54, 1.807) is 6.26 Å². The molecule has 1 atom stereocenters. The lowest BCUT2D eigenvalue weighted by atomic mass is 10.00. The van der Waals surface area contributed by atoms with Gasteiger partial charge in [0.15, 0.2) is 5.82 Å². The van der Waals surface area contributed by atoms with Gasteiger partial charge in [0.1, 0.15) is 5.76 Å². The molecule has 1 aliphatic heterocycles. The number of aromatic nitrogens is 2. The Kier molecular flexibility index (Phi) is 2.92. The standard InChI is InChI=1S/C12H15N3O2/c1-3-9(8-13-5-1)12-14-11(15-17-12)7-10-4-2-6-16-10/h2,4,6,9,13H,1,3,5,7-8H2. The molecule has 1 saturated heterocycles. The van der Waals surface area contributed by atoms with Crippen LogP contribution in [0.25, 0.3) is 0 Å². The van der Waals surface area contributed by atoms with Gasteiger partial charge >= 0.3 is 0 Å². The summed E-state index contributed by atoms with van der Waals surface area (Å²) in [5, 5.41) is 7.33. The molecule has 0 amide bonds. The molecule has 1 unspecified atom stereocenters. The first-order valence-corrected chi connectivity index (χ1v) is 5.97. The SMILES string of the molecule is c1coc(Cc2noc(C3CCCNC3)n2)c1. The smallest absolute Gasteiger partial charge is 0.231 e. The first-order chi connectivity index (χ1) is 8.42. The summed E-state index contributed by atoms with van der Waals surface area (Å²) in [5.74, 6) is 2.67. The highest BCUT2D eigenvalue weighted by molar-refractivity contribution is 5.06. The van der Waals surface area contributed by atoms with Gasteiger partial charge in [-0.15, -0.1) is 0 Å². The van der Waals surface area contributed by atoms with Gasteiger partial charge < -0.3 is 14.3 Å². The summed E-state index contributed by atoms with van der Waals surface area (Å²) in [6.07, 6.45) is 4.54. The highest BCUT2D eigenvalue weighted by atomic mass is 16.5. The monoisotopic (exact) mass is 233 g/mol. The molecule has 3 heterocycles. The summed E-state index contributed by atoms with van der Waals surface area (Å²) < 4.78 is 10.6. The van der Waals surface area contributed by atoms with Gasteiger partial charge in [0.05, 0.1) is 18.6 Å². The maximum atomic E-state index is 5.31. The minimum atomic E-state index is 0.363. The third kappa shape index (κ3) is 2.39. The van der Waals surface area contributed by atoms with Crippen molar-refractivity contribution >= 4 is 0 Å². The Labute approximate surface area is 99.2 Å². The molecule has 0 radical (unpaired) electrons. The van der Waals surface area contributed by atoms with Gasteiger partial charge in [0.2, 0.25) is 5.89 Å². The van der Waals surface area contributed by atoms with Crippen LogP contribution in [0.5, 0.6) is 0 Å². The highest BCUT2D eigenvalue weighted by Gasteiger charge is 2.21. The van der Waals surface area contributed by atoms with Gasteiger partial charge in [-0.2, -0.15) is 4.98 Å². The lowest BCUT2D eigenvalue weighted by Gasteiger charge is -2.18. The van der Waals surface area contributed by atoms with E-state index in [2.05, 4.69) is 15.5 Å². The van der Waals surface area contributed by atoms with Crippen molar-refractivity contribution in [2.45, 2.75) is 25.2 Å². The zero-order chi connectivity index (χ0) is 11.5. The molecule has 0 bridgehead atoms. The second kappa shape index (κ2) is 4.71. The van der Waals surface area contributed by atoms with E-state index in [0.717, 1.165) is 31.2 Å². The number of rotatable bonds is 3. The van der Waals surface area contributed by atoms with E-state index >= 15 is 0 Å². The predicted octanol–water partition coefficient (Wildman–Crippen LogP) is 1.72. The molecule has 1 N–H and O–H groups in total. The Bertz CT molecular complexity index is 458. The number of nitrogens with zero attached hydrogens (tertiary/aromatic N) is 2. The highest BCUT2D eigenvalue weighted by Crippen LogP contribution is 2.21. The fourth-order valence-electron chi connectivity index (χ4n) is 2.14. The Hall–Kier alpha value is -1.62. The van der Waals surface area contributed by atoms with Gasteiger partial charge in [-0.05, 0) is 31.5 Å². The largest absolute Gasteiger partial charge is 0.469 e. The second-order valence-corrected chi connectivity index (χ2v) is 4.35. The number of hydrogen-bond acceptors (Lipinski definition) is 5. The topological polar surface area (TPSA) is 64.1 Å². The Morgan fingerprint density at radius 3 is 3.24 bits per heavy atom. The van der Waals surface area contributed by atoms with Gasteiger partial charge in [0, 0.05) is 6.54 Å². The molecular formula is C12H15N3O2. The molecule has 0 spiro atoms. The quantitative estimate of drug-likeness (QED) is 0.874. The molecule has 17 heavy (non-hydrogen) atoms. The average molecular weight is 233 g/mol. The van der Waals surface area contributed by atoms with Crippen molar-refractivity contribution in [3.63, 3.8) is 0 Å². The molecule has 5 nitrogen and oxygen atoms in total. The Morgan fingerprint density at radius 1 is 1.47 bits per heavy atom. The molecule has 2 aromatic heterocycles. The summed E-state index contributed by atoms with van der Waals surface area (Å²) in [6.45, 7) is 2.02. The van der Waals surface area contributed by atoms with E-state index in [-0.39, 0.29) is 0 Å². The van der Waals surface area contributed by atoms with Crippen molar-refractivity contribution in [2.24, 2.45) is 0 Å². The number of hydrogen-bond donors (Lipinski definition) is 1. The van der Waals surface area contributed by atoms with E-state index in [4.69, 9.17) is 8.94 Å². The predicted molar refractivity (Wildman–Crippen MR) is 60.7 cm³/mol. The van der Waals surface area contributed by atoms with Crippen LogP contribution in [0.3, 0.4) is 0 Å². The van der Waals surface area contributed by atoms with Gasteiger partial charge in [0.25, 0.3) is 0 Å². The maximum absolute atomic E-state index is 5.31. The van der Waals surface area contributed by atoms with Crippen molar-refractivity contribution in [1.29, 1.82) is 0 Å². The Morgan fingerprint density at radius 2 is 2.47 bits per heavy atom. The molecule has 0 saturated carbocycles. The Balaban J connectivity index is 1.69. The zero-order valence-corrected chi connectivity index (χ0v) is 9.56. The van der Waals surface area contributed by atoms with E-state index in [9.17, 15) is 0 Å². The second-order valence-electron chi connectivity index (χ2n) is 4.35. The first kappa shape index (κ1) is 10.5. The minimum absolute atomic E-state index is 0.363. The van der Waals surface area contributed by atoms with Crippen molar-refractivity contribution in [1.82, 2.24) is 15.5 Å². The minimum Gasteiger partial charge on any atom is -0.469 e. The van der Waals surface area contributed by atoms with Gasteiger partial charge in [-0.3, -0.25) is 0 Å². The van der Waals surface area contributed by atoms with Gasteiger partial charge in [-0.25, -0.2) is 0 Å². The van der Waals surface area contributed by atoms with E-state index in [1.807, 2.05) is 12.1 Å². The fraction of sp³-hybridized carbons (Fsp3) is 0.500. The van der Waals surface area contributed by atoms with Crippen molar-refractivity contribution < 1.29 is 8.94 Å². The maximum Gasteiger partial charge on any atom is 0.231 e. The lowest BCUT2D eigenvalue weighted by Crippen LogP contribution is -2.28. The van der Waals surface area contributed by atoms with E-state index in [0.29, 0.717) is 18.2 Å². The first-order valence-electron chi connectivity index (χ1n) is 5.97. The van der Waals surface area contributed by atoms with Crippen LogP contribution < -0.4 is 5.32 Å². The number of nitrogens with one attached hydrogen (secondary N) is 1. The van der Waals surface area contributed by atoms with Crippen molar-refractivity contribution in [2.75, 3.05) is 13.1 Å². The van der Waals surface area contributed by atoms with E-state index in [1.165, 1.54) is 6.42 Å². The molecule has 90 valence electrons. The summed E-state index contributed by atoms with van der Waals surface area (Å²) in [6, 6.07) is 3.78. The van der Waals surface area contributed by atoms with Crippen LogP contribution in [-0.4, -0.2) is 23.2 Å². The summed E-state index contributed by atoms with van der Waals surface area (Å²) in [7, 11) is 0. The molecule has 1 aliphatic rings. The average Bonchev–Trinajstić information content (AvgIpc) is 3.02. The number of furan rings is 1. The normalized spacial score (nSPS) is 20.6. The molecule has 5 heteroatoms. The summed E-state index contributed by atoms with van der Waals surface area (Å²) in [4.78, 5) is 4.43. The molecule has 3 rings (SSSR count). The lowest BCUT2D eigenvalue weighted by molar-refractivity contribution is 0.320. The van der Waals surface area contributed by atoms with Crippen LogP contribution in [0.1, 0.15) is 36.2 Å². The van der Waals surface area contributed by atoms with Crippen LogP contribution in [0.2, 0.25) is 0 Å². The van der Waals surface area contributed by atoms with Crippen LogP contribution >= 0.6 is 0 Å². The van der Waals surface area contributed by atoms with Crippen molar-refractivity contribution in [3.05, 3.63) is 35.9 Å². The fourth-order valence-corrected chi connectivity index (χ4v) is 2.14. The molecular weight excluding hydrogens is 218 g/mol. The molecule has 1 fully saturated rings. The zero-order valence-electron chi connectivity index (χ0n) is 9.56. The molecule has 0 aromatic carbocycles. The molecule has 2 aromatic rings. The summed E-state index contributed by atoms with van der Waals surface area (Å²) in [5.41, 5.74) is 0. The van der Waals surface area contributed by atoms with Crippen molar-refractivity contribution in [3.8, 4) is 0 Å². The van der Waals surface area contributed by atoms with Crippen LogP contribution in [0.4, 0.5) is 0 Å². The van der Waals surface area contributed by atoms with E-state index < -0.39 is 0 Å². The third-order valence-corrected chi connectivity index (χ3v) is 3.04. The van der Waals surface area contributed by atoms with Gasteiger partial charge in [-0.1, -0.05) is 5.16 Å². The van der Waals surface area contributed by atoms with Crippen LogP contribution in [0, 0.1) is 0 Å². The third-order valence-electron chi connectivity index (χ3n) is 3.04. The summed E-state index contributed by atoms with van der Waals surface area (Å²) >= 11 is 0. The van der Waals surface area contributed by atoms with Crippen LogP contribution in [0.15, 0.2) is 27.3 Å². The number of piperidine rings is 1.